The standard InChI is InChI=1S/C28H32Br2ClN3O2/c29-21-12-20-6-5-19-13-22(31)14-23(30)25(19)26(27(20)33-15-21)18-3-1-17(2-4-18)24(35)11-16-7-9-34(10-8-16)28(32)36/h12-18,26H,1-11H2,(H2,32,36). The number of benzene rings is 1. The van der Waals surface area contributed by atoms with Crippen LogP contribution in [0, 0.1) is 17.8 Å². The number of ketones is 1. The number of nitrogens with two attached hydrogens (primary N) is 1. The van der Waals surface area contributed by atoms with Crippen molar-refractivity contribution >= 4 is 55.3 Å². The van der Waals surface area contributed by atoms with Gasteiger partial charge in [0.05, 0.1) is 5.69 Å². The maximum Gasteiger partial charge on any atom is 0.314 e. The highest BCUT2D eigenvalue weighted by molar-refractivity contribution is 9.10. The predicted octanol–water partition coefficient (Wildman–Crippen LogP) is 7.05. The monoisotopic (exact) mass is 635 g/mol. The first kappa shape index (κ1) is 26.2. The van der Waals surface area contributed by atoms with Crippen LogP contribution >= 0.6 is 43.5 Å². The molecule has 1 saturated heterocycles. The Morgan fingerprint density at radius 2 is 1.69 bits per heavy atom. The largest absolute Gasteiger partial charge is 0.351 e. The zero-order valence-electron chi connectivity index (χ0n) is 20.3. The van der Waals surface area contributed by atoms with Crippen molar-refractivity contribution in [2.45, 2.75) is 63.7 Å². The zero-order chi connectivity index (χ0) is 25.4. The Labute approximate surface area is 234 Å². The number of hydrogen-bond acceptors (Lipinski definition) is 3. The lowest BCUT2D eigenvalue weighted by Gasteiger charge is -2.36. The number of rotatable bonds is 4. The van der Waals surface area contributed by atoms with Crippen LogP contribution in [0.3, 0.4) is 0 Å². The van der Waals surface area contributed by atoms with Gasteiger partial charge < -0.3 is 10.6 Å². The summed E-state index contributed by atoms with van der Waals surface area (Å²) in [5.74, 6) is 1.56. The maximum absolute atomic E-state index is 13.2. The van der Waals surface area contributed by atoms with Gasteiger partial charge in [-0.3, -0.25) is 9.78 Å². The van der Waals surface area contributed by atoms with E-state index in [1.807, 2.05) is 12.3 Å². The van der Waals surface area contributed by atoms with E-state index in [-0.39, 0.29) is 17.9 Å². The summed E-state index contributed by atoms with van der Waals surface area (Å²) >= 11 is 13.9. The summed E-state index contributed by atoms with van der Waals surface area (Å²) in [6, 6.07) is 6.00. The summed E-state index contributed by atoms with van der Waals surface area (Å²) in [6.07, 6.45) is 10.1. The molecule has 0 spiro atoms. The van der Waals surface area contributed by atoms with E-state index in [1.165, 1.54) is 22.4 Å². The summed E-state index contributed by atoms with van der Waals surface area (Å²) in [4.78, 5) is 31.2. The number of likely N-dealkylation sites (tertiary alicyclic amines) is 1. The Hall–Kier alpha value is -1.44. The molecule has 5 nitrogen and oxygen atoms in total. The Morgan fingerprint density at radius 3 is 2.39 bits per heavy atom. The molecule has 8 heteroatoms. The molecule has 192 valence electrons. The fourth-order valence-corrected chi connectivity index (χ4v) is 8.11. The highest BCUT2D eigenvalue weighted by Crippen LogP contribution is 2.48. The third-order valence-corrected chi connectivity index (χ3v) is 9.84. The lowest BCUT2D eigenvalue weighted by molar-refractivity contribution is -0.125. The first-order chi connectivity index (χ1) is 17.3. The van der Waals surface area contributed by atoms with E-state index in [9.17, 15) is 9.59 Å². The van der Waals surface area contributed by atoms with Crippen LogP contribution in [0.15, 0.2) is 33.3 Å². The molecule has 1 unspecified atom stereocenters. The Kier molecular flexibility index (Phi) is 8.09. The second-order valence-corrected chi connectivity index (χ2v) is 12.9. The number of urea groups is 1. The van der Waals surface area contributed by atoms with Crippen LogP contribution in [0.1, 0.15) is 73.2 Å². The minimum Gasteiger partial charge on any atom is -0.351 e. The van der Waals surface area contributed by atoms with Crippen LogP contribution in [-0.4, -0.2) is 34.8 Å². The van der Waals surface area contributed by atoms with Crippen molar-refractivity contribution in [2.24, 2.45) is 23.5 Å². The van der Waals surface area contributed by atoms with E-state index >= 15 is 0 Å². The number of piperidine rings is 1. The average molecular weight is 638 g/mol. The van der Waals surface area contributed by atoms with Gasteiger partial charge in [0.1, 0.15) is 5.78 Å². The van der Waals surface area contributed by atoms with Gasteiger partial charge in [0.2, 0.25) is 0 Å². The molecule has 2 amide bonds. The molecule has 0 radical (unpaired) electrons. The lowest BCUT2D eigenvalue weighted by atomic mass is 9.70. The van der Waals surface area contributed by atoms with Crippen molar-refractivity contribution in [1.29, 1.82) is 0 Å². The van der Waals surface area contributed by atoms with Gasteiger partial charge in [0.25, 0.3) is 0 Å². The van der Waals surface area contributed by atoms with Crippen LogP contribution in [0.25, 0.3) is 0 Å². The first-order valence-electron chi connectivity index (χ1n) is 13.0. The fraction of sp³-hybridized carbons (Fsp3) is 0.536. The van der Waals surface area contributed by atoms with Crippen LogP contribution in [0.5, 0.6) is 0 Å². The summed E-state index contributed by atoms with van der Waals surface area (Å²) in [7, 11) is 0. The van der Waals surface area contributed by atoms with Crippen LogP contribution in [0.2, 0.25) is 5.02 Å². The Morgan fingerprint density at radius 1 is 1.00 bits per heavy atom. The van der Waals surface area contributed by atoms with E-state index < -0.39 is 0 Å². The molecule has 2 heterocycles. The molecule has 1 atom stereocenters. The van der Waals surface area contributed by atoms with E-state index in [1.54, 1.807) is 4.90 Å². The molecule has 1 aromatic heterocycles. The normalized spacial score (nSPS) is 24.5. The average Bonchev–Trinajstić information content (AvgIpc) is 3.01. The van der Waals surface area contributed by atoms with Gasteiger partial charge in [-0.15, -0.1) is 0 Å². The van der Waals surface area contributed by atoms with Gasteiger partial charge in [-0.05, 0) is 114 Å². The van der Waals surface area contributed by atoms with E-state index in [4.69, 9.17) is 22.3 Å². The SMILES string of the molecule is NC(=O)N1CCC(CC(=O)C2CCC(C3c4ncc(Br)cc4CCc4cc(Cl)cc(Br)c43)CC2)CC1. The van der Waals surface area contributed by atoms with Crippen LogP contribution in [0.4, 0.5) is 4.79 Å². The number of hydrogen-bond donors (Lipinski definition) is 1. The van der Waals surface area contributed by atoms with Crippen molar-refractivity contribution in [3.05, 3.63) is 60.7 Å². The molecule has 2 fully saturated rings. The van der Waals surface area contributed by atoms with Gasteiger partial charge >= 0.3 is 6.03 Å². The number of halogens is 3. The summed E-state index contributed by atoms with van der Waals surface area (Å²) in [6.45, 7) is 1.34. The summed E-state index contributed by atoms with van der Waals surface area (Å²) in [5.41, 5.74) is 10.5. The fourth-order valence-electron chi connectivity index (χ4n) is 6.61. The highest BCUT2D eigenvalue weighted by atomic mass is 79.9. The molecule has 36 heavy (non-hydrogen) atoms. The van der Waals surface area contributed by atoms with Gasteiger partial charge in [0.15, 0.2) is 0 Å². The van der Waals surface area contributed by atoms with Crippen molar-refractivity contribution in [1.82, 2.24) is 9.88 Å². The number of nitrogens with zero attached hydrogens (tertiary/aromatic N) is 2. The third-order valence-electron chi connectivity index (χ3n) is 8.53. The van der Waals surface area contributed by atoms with E-state index in [2.05, 4.69) is 44.0 Å². The van der Waals surface area contributed by atoms with Crippen LogP contribution in [-0.2, 0) is 17.6 Å². The Bertz CT molecular complexity index is 1160. The van der Waals surface area contributed by atoms with Gasteiger partial charge in [0, 0.05) is 51.5 Å². The van der Waals surface area contributed by atoms with Gasteiger partial charge in [-0.2, -0.15) is 0 Å². The minimum absolute atomic E-state index is 0.145. The number of amides is 2. The minimum atomic E-state index is -0.351. The Balaban J connectivity index is 1.31. The summed E-state index contributed by atoms with van der Waals surface area (Å²) < 4.78 is 2.08. The second kappa shape index (κ2) is 11.1. The lowest BCUT2D eigenvalue weighted by Crippen LogP contribution is -2.42. The number of carbonyl (C=O) groups is 2. The molecule has 2 aromatic rings. The molecular weight excluding hydrogens is 606 g/mol. The maximum atomic E-state index is 13.2. The molecule has 2 N–H and O–H groups in total. The van der Waals surface area contributed by atoms with Crippen molar-refractivity contribution < 1.29 is 9.59 Å². The number of aryl methyl sites for hydroxylation is 2. The van der Waals surface area contributed by atoms with Crippen molar-refractivity contribution in [2.75, 3.05) is 13.1 Å². The van der Waals surface area contributed by atoms with E-state index in [0.717, 1.165) is 65.3 Å². The number of primary amides is 1. The topological polar surface area (TPSA) is 76.3 Å². The molecule has 2 aliphatic carbocycles. The number of fused-ring (bicyclic) bond motifs is 2. The summed E-state index contributed by atoms with van der Waals surface area (Å²) in [5, 5.41) is 0.760. The molecule has 1 saturated carbocycles. The number of aromatic nitrogens is 1. The third kappa shape index (κ3) is 5.53. The number of carbonyl (C=O) groups excluding carboxylic acids is 2. The molecular formula is C28H32Br2ClN3O2. The number of pyridine rings is 1. The molecule has 1 aromatic carbocycles. The highest BCUT2D eigenvalue weighted by Gasteiger charge is 2.37. The zero-order valence-corrected chi connectivity index (χ0v) is 24.2. The quantitative estimate of drug-likeness (QED) is 0.391. The molecule has 5 rings (SSSR count). The van der Waals surface area contributed by atoms with E-state index in [0.29, 0.717) is 37.1 Å². The first-order valence-corrected chi connectivity index (χ1v) is 15.0. The smallest absolute Gasteiger partial charge is 0.314 e. The van der Waals surface area contributed by atoms with Gasteiger partial charge in [-0.25, -0.2) is 4.79 Å². The molecule has 3 aliphatic rings. The second-order valence-electron chi connectivity index (χ2n) is 10.7. The molecule has 1 aliphatic heterocycles. The van der Waals surface area contributed by atoms with Crippen molar-refractivity contribution in [3.63, 3.8) is 0 Å². The predicted molar refractivity (Wildman–Crippen MR) is 149 cm³/mol. The molecule has 0 bridgehead atoms. The van der Waals surface area contributed by atoms with Crippen LogP contribution < -0.4 is 5.73 Å². The van der Waals surface area contributed by atoms with Crippen molar-refractivity contribution in [3.8, 4) is 0 Å². The van der Waals surface area contributed by atoms with Gasteiger partial charge in [-0.1, -0.05) is 27.5 Å². The number of Topliss-reactive ketones (excluding diaryl/α,β-unsaturated/α-hetero) is 1.